The van der Waals surface area contributed by atoms with E-state index in [0.29, 0.717) is 6.54 Å². The zero-order valence-corrected chi connectivity index (χ0v) is 10.0. The Morgan fingerprint density at radius 2 is 2.08 bits per heavy atom. The van der Waals surface area contributed by atoms with Crippen LogP contribution in [0.4, 0.5) is 0 Å². The summed E-state index contributed by atoms with van der Waals surface area (Å²) in [4.78, 5) is 0. The largest absolute Gasteiger partial charge is 0.496 e. The molecule has 0 aromatic heterocycles. The van der Waals surface area contributed by atoms with Crippen molar-refractivity contribution < 1.29 is 4.74 Å². The van der Waals surface area contributed by atoms with Gasteiger partial charge in [0.2, 0.25) is 0 Å². The Morgan fingerprint density at radius 1 is 1.46 bits per heavy atom. The molecule has 1 rings (SSSR count). The highest BCUT2D eigenvalue weighted by Crippen LogP contribution is 2.26. The van der Waals surface area contributed by atoms with Gasteiger partial charge in [0.15, 0.2) is 0 Å². The van der Waals surface area contributed by atoms with Crippen molar-refractivity contribution in [1.29, 1.82) is 0 Å². The number of halogens is 2. The second-order valence-corrected chi connectivity index (χ2v) is 3.47. The number of nitrogens with two attached hydrogens (primary N) is 1. The van der Waals surface area contributed by atoms with Gasteiger partial charge in [-0.2, -0.15) is 0 Å². The number of ether oxygens (including phenoxy) is 1. The molecule has 0 fully saturated rings. The molecular weight excluding hydrogens is 253 g/mol. The molecule has 0 spiro atoms. The topological polar surface area (TPSA) is 35.2 Å². The van der Waals surface area contributed by atoms with E-state index in [0.717, 1.165) is 21.3 Å². The summed E-state index contributed by atoms with van der Waals surface area (Å²) >= 11 is 3.44. The van der Waals surface area contributed by atoms with Gasteiger partial charge in [-0.15, -0.1) is 12.4 Å². The van der Waals surface area contributed by atoms with E-state index in [-0.39, 0.29) is 12.4 Å². The van der Waals surface area contributed by atoms with Gasteiger partial charge in [-0.3, -0.25) is 0 Å². The highest BCUT2D eigenvalue weighted by molar-refractivity contribution is 9.10. The predicted octanol–water partition coefficient (Wildman–Crippen LogP) is 2.65. The fourth-order valence-electron chi connectivity index (χ4n) is 1.07. The van der Waals surface area contributed by atoms with Crippen LogP contribution in [0.15, 0.2) is 16.6 Å². The van der Waals surface area contributed by atoms with Crippen molar-refractivity contribution in [2.75, 3.05) is 7.11 Å². The summed E-state index contributed by atoms with van der Waals surface area (Å²) < 4.78 is 6.21. The van der Waals surface area contributed by atoms with Crippen molar-refractivity contribution in [3.63, 3.8) is 0 Å². The third kappa shape index (κ3) is 2.86. The molecular formula is C9H13BrClNO. The van der Waals surface area contributed by atoms with Gasteiger partial charge < -0.3 is 10.5 Å². The highest BCUT2D eigenvalue weighted by atomic mass is 79.9. The minimum Gasteiger partial charge on any atom is -0.496 e. The van der Waals surface area contributed by atoms with E-state index >= 15 is 0 Å². The molecule has 4 heteroatoms. The zero-order valence-electron chi connectivity index (χ0n) is 7.63. The first kappa shape index (κ1) is 12.8. The standard InChI is InChI=1S/C9H12BrNO.ClH/c1-6-3-8(10)7(5-11)4-9(6)12-2;/h3-4H,5,11H2,1-2H3;1H. The van der Waals surface area contributed by atoms with Gasteiger partial charge in [-0.05, 0) is 30.2 Å². The van der Waals surface area contributed by atoms with Gasteiger partial charge in [0, 0.05) is 11.0 Å². The maximum Gasteiger partial charge on any atom is 0.122 e. The number of hydrogen-bond acceptors (Lipinski definition) is 2. The molecule has 74 valence electrons. The molecule has 0 unspecified atom stereocenters. The molecule has 0 amide bonds. The lowest BCUT2D eigenvalue weighted by Crippen LogP contribution is -1.99. The SMILES string of the molecule is COc1cc(CN)c(Br)cc1C.Cl. The average Bonchev–Trinajstić information content (AvgIpc) is 2.05. The molecule has 2 N–H and O–H groups in total. The van der Waals surface area contributed by atoms with E-state index in [2.05, 4.69) is 15.9 Å². The van der Waals surface area contributed by atoms with Crippen molar-refractivity contribution >= 4 is 28.3 Å². The summed E-state index contributed by atoms with van der Waals surface area (Å²) in [5, 5.41) is 0. The Kier molecular flexibility index (Phi) is 5.37. The number of methoxy groups -OCH3 is 1. The molecule has 0 heterocycles. The Hall–Kier alpha value is -0.250. The minimum atomic E-state index is 0. The number of aryl methyl sites for hydroxylation is 1. The second-order valence-electron chi connectivity index (χ2n) is 2.62. The molecule has 0 radical (unpaired) electrons. The number of benzene rings is 1. The maximum atomic E-state index is 5.54. The minimum absolute atomic E-state index is 0. The Bertz CT molecular complexity index is 266. The average molecular weight is 267 g/mol. The molecule has 1 aromatic carbocycles. The first-order valence-electron chi connectivity index (χ1n) is 3.72. The zero-order chi connectivity index (χ0) is 9.14. The van der Waals surface area contributed by atoms with Crippen LogP contribution in [0.1, 0.15) is 11.1 Å². The molecule has 0 aliphatic rings. The predicted molar refractivity (Wildman–Crippen MR) is 60.6 cm³/mol. The first-order valence-corrected chi connectivity index (χ1v) is 4.51. The Labute approximate surface area is 93.0 Å². The third-order valence-corrected chi connectivity index (χ3v) is 2.52. The van der Waals surface area contributed by atoms with Crippen LogP contribution in [0, 0.1) is 6.92 Å². The van der Waals surface area contributed by atoms with E-state index < -0.39 is 0 Å². The van der Waals surface area contributed by atoms with Crippen LogP contribution in [-0.2, 0) is 6.54 Å². The van der Waals surface area contributed by atoms with Crippen LogP contribution in [0.5, 0.6) is 5.75 Å². The van der Waals surface area contributed by atoms with E-state index in [1.807, 2.05) is 19.1 Å². The van der Waals surface area contributed by atoms with Crippen molar-refractivity contribution in [2.24, 2.45) is 5.73 Å². The van der Waals surface area contributed by atoms with E-state index in [1.54, 1.807) is 7.11 Å². The molecule has 2 nitrogen and oxygen atoms in total. The Morgan fingerprint density at radius 3 is 2.54 bits per heavy atom. The first-order chi connectivity index (χ1) is 5.69. The number of rotatable bonds is 2. The van der Waals surface area contributed by atoms with Gasteiger partial charge in [0.1, 0.15) is 5.75 Å². The van der Waals surface area contributed by atoms with Gasteiger partial charge in [0.05, 0.1) is 7.11 Å². The quantitative estimate of drug-likeness (QED) is 0.893. The fourth-order valence-corrected chi connectivity index (χ4v) is 1.69. The third-order valence-electron chi connectivity index (χ3n) is 1.78. The van der Waals surface area contributed by atoms with Crippen LogP contribution in [-0.4, -0.2) is 7.11 Å². The lowest BCUT2D eigenvalue weighted by molar-refractivity contribution is 0.411. The van der Waals surface area contributed by atoms with Crippen molar-refractivity contribution in [2.45, 2.75) is 13.5 Å². The number of hydrogen-bond donors (Lipinski definition) is 1. The van der Waals surface area contributed by atoms with E-state index in [9.17, 15) is 0 Å². The fraction of sp³-hybridized carbons (Fsp3) is 0.333. The van der Waals surface area contributed by atoms with Crippen LogP contribution < -0.4 is 10.5 Å². The van der Waals surface area contributed by atoms with Gasteiger partial charge in [-0.25, -0.2) is 0 Å². The molecule has 0 aliphatic carbocycles. The van der Waals surface area contributed by atoms with Crippen LogP contribution in [0.3, 0.4) is 0 Å². The summed E-state index contributed by atoms with van der Waals surface area (Å²) in [6.45, 7) is 2.53. The lowest BCUT2D eigenvalue weighted by Gasteiger charge is -2.08. The monoisotopic (exact) mass is 265 g/mol. The van der Waals surface area contributed by atoms with Crippen LogP contribution in [0.25, 0.3) is 0 Å². The highest BCUT2D eigenvalue weighted by Gasteiger charge is 2.03. The van der Waals surface area contributed by atoms with Crippen molar-refractivity contribution in [3.05, 3.63) is 27.7 Å². The van der Waals surface area contributed by atoms with Crippen LogP contribution >= 0.6 is 28.3 Å². The van der Waals surface area contributed by atoms with E-state index in [1.165, 1.54) is 0 Å². The smallest absolute Gasteiger partial charge is 0.122 e. The van der Waals surface area contributed by atoms with Gasteiger partial charge >= 0.3 is 0 Å². The van der Waals surface area contributed by atoms with Crippen LogP contribution in [0.2, 0.25) is 0 Å². The molecule has 0 saturated carbocycles. The van der Waals surface area contributed by atoms with Gasteiger partial charge in [0.25, 0.3) is 0 Å². The summed E-state index contributed by atoms with van der Waals surface area (Å²) in [6, 6.07) is 3.97. The summed E-state index contributed by atoms with van der Waals surface area (Å²) in [5.74, 6) is 0.888. The Balaban J connectivity index is 0.00000144. The summed E-state index contributed by atoms with van der Waals surface area (Å²) in [7, 11) is 1.66. The van der Waals surface area contributed by atoms with Gasteiger partial charge in [-0.1, -0.05) is 15.9 Å². The summed E-state index contributed by atoms with van der Waals surface area (Å²) in [6.07, 6.45) is 0. The second kappa shape index (κ2) is 5.47. The molecule has 0 saturated heterocycles. The maximum absolute atomic E-state index is 5.54. The van der Waals surface area contributed by atoms with E-state index in [4.69, 9.17) is 10.5 Å². The summed E-state index contributed by atoms with van der Waals surface area (Å²) in [5.41, 5.74) is 7.72. The molecule has 1 aromatic rings. The van der Waals surface area contributed by atoms with Crippen molar-refractivity contribution in [3.8, 4) is 5.75 Å². The molecule has 0 aliphatic heterocycles. The molecule has 0 bridgehead atoms. The molecule has 0 atom stereocenters. The lowest BCUT2D eigenvalue weighted by atomic mass is 10.1. The molecule has 13 heavy (non-hydrogen) atoms. The van der Waals surface area contributed by atoms with Crippen molar-refractivity contribution in [1.82, 2.24) is 0 Å². The normalized spacial score (nSPS) is 9.23.